The molecule has 2 aromatic rings. The predicted molar refractivity (Wildman–Crippen MR) is 114 cm³/mol. The van der Waals surface area contributed by atoms with E-state index < -0.39 is 0 Å². The quantitative estimate of drug-likeness (QED) is 0.431. The van der Waals surface area contributed by atoms with Crippen LogP contribution in [0.15, 0.2) is 29.3 Å². The van der Waals surface area contributed by atoms with E-state index in [1.807, 2.05) is 0 Å². The molecule has 0 spiro atoms. The summed E-state index contributed by atoms with van der Waals surface area (Å²) in [5.41, 5.74) is 3.85. The van der Waals surface area contributed by atoms with Gasteiger partial charge in [0, 0.05) is 36.6 Å². The molecule has 0 fully saturated rings. The number of hydrogen-bond donors (Lipinski definition) is 1. The fourth-order valence-corrected chi connectivity index (χ4v) is 3.95. The van der Waals surface area contributed by atoms with Crippen molar-refractivity contribution in [2.45, 2.75) is 33.6 Å². The normalized spacial score (nSPS) is 13.6. The monoisotopic (exact) mass is 456 g/mol. The molecule has 24 heavy (non-hydrogen) atoms. The van der Waals surface area contributed by atoms with Crippen molar-refractivity contribution in [3.8, 4) is 0 Å². The number of hydrogen-bond acceptors (Lipinski definition) is 3. The molecule has 0 atom stereocenters. The molecule has 0 saturated heterocycles. The molecule has 1 aliphatic rings. The summed E-state index contributed by atoms with van der Waals surface area (Å²) in [4.78, 5) is 13.0. The van der Waals surface area contributed by atoms with Gasteiger partial charge >= 0.3 is 0 Å². The molecule has 0 aliphatic carbocycles. The van der Waals surface area contributed by atoms with E-state index in [1.54, 1.807) is 11.3 Å². The number of benzene rings is 1. The highest BCUT2D eigenvalue weighted by Crippen LogP contribution is 2.27. The van der Waals surface area contributed by atoms with Gasteiger partial charge in [0.2, 0.25) is 0 Å². The Kier molecular flexibility index (Phi) is 7.03. The van der Waals surface area contributed by atoms with Crippen molar-refractivity contribution >= 4 is 47.0 Å². The Balaban J connectivity index is 0.00000208. The number of aromatic nitrogens is 1. The first-order chi connectivity index (χ1) is 11.2. The molecule has 3 rings (SSSR count). The molecular weight excluding hydrogens is 431 g/mol. The number of fused-ring (bicyclic) bond motifs is 1. The van der Waals surface area contributed by atoms with Crippen LogP contribution in [0.5, 0.6) is 0 Å². The van der Waals surface area contributed by atoms with Crippen LogP contribution in [-0.2, 0) is 12.8 Å². The number of rotatable bonds is 4. The minimum absolute atomic E-state index is 0. The second-order valence-corrected chi connectivity index (χ2v) is 7.05. The molecule has 1 aromatic carbocycles. The van der Waals surface area contributed by atoms with Crippen LogP contribution in [0, 0.1) is 13.8 Å². The molecular formula is C18H25IN4S. The molecule has 1 N–H and O–H groups in total. The third-order valence-electron chi connectivity index (χ3n) is 4.08. The lowest BCUT2D eigenvalue weighted by Crippen LogP contribution is -2.40. The molecule has 0 unspecified atom stereocenters. The Bertz CT molecular complexity index is 711. The van der Waals surface area contributed by atoms with E-state index in [0.29, 0.717) is 0 Å². The number of para-hydroxylation sites is 1. The minimum Gasteiger partial charge on any atom is -0.356 e. The molecule has 0 bridgehead atoms. The van der Waals surface area contributed by atoms with E-state index in [-0.39, 0.29) is 24.0 Å². The molecule has 0 saturated carbocycles. The number of halogens is 1. The number of guanidine groups is 1. The van der Waals surface area contributed by atoms with Crippen LogP contribution in [0.4, 0.5) is 5.69 Å². The maximum atomic E-state index is 4.85. The van der Waals surface area contributed by atoms with Crippen LogP contribution < -0.4 is 10.2 Å². The molecule has 130 valence electrons. The van der Waals surface area contributed by atoms with Crippen LogP contribution in [0.2, 0.25) is 0 Å². The van der Waals surface area contributed by atoms with Gasteiger partial charge in [-0.25, -0.2) is 4.98 Å². The number of aryl methyl sites for hydroxylation is 2. The standard InChI is InChI=1S/C18H24N4S.HI/c1-4-19-18(20-11-9-17-13(2)21-14(3)23-17)22-12-10-15-7-5-6-8-16(15)22;/h5-8H,4,9-12H2,1-3H3,(H,19,20);1H. The lowest BCUT2D eigenvalue weighted by molar-refractivity contribution is 0.872. The molecule has 1 aromatic heterocycles. The summed E-state index contributed by atoms with van der Waals surface area (Å²) < 4.78 is 0. The molecule has 2 heterocycles. The maximum Gasteiger partial charge on any atom is 0.198 e. The SMILES string of the molecule is CCNC(=NCCc1sc(C)nc1C)N1CCc2ccccc21.I. The van der Waals surface area contributed by atoms with Gasteiger partial charge in [-0.2, -0.15) is 0 Å². The molecule has 4 nitrogen and oxygen atoms in total. The van der Waals surface area contributed by atoms with Crippen molar-refractivity contribution in [3.05, 3.63) is 45.4 Å². The average Bonchev–Trinajstić information content (AvgIpc) is 3.10. The first-order valence-electron chi connectivity index (χ1n) is 8.25. The van der Waals surface area contributed by atoms with Crippen molar-refractivity contribution < 1.29 is 0 Å². The maximum absolute atomic E-state index is 4.85. The predicted octanol–water partition coefficient (Wildman–Crippen LogP) is 3.95. The Morgan fingerprint density at radius 3 is 2.83 bits per heavy atom. The summed E-state index contributed by atoms with van der Waals surface area (Å²) >= 11 is 1.79. The first kappa shape index (κ1) is 19.2. The van der Waals surface area contributed by atoms with Crippen molar-refractivity contribution in [1.29, 1.82) is 0 Å². The Hall–Kier alpha value is -1.15. The topological polar surface area (TPSA) is 40.5 Å². The second-order valence-electron chi connectivity index (χ2n) is 5.76. The number of nitrogens with one attached hydrogen (secondary N) is 1. The summed E-state index contributed by atoms with van der Waals surface area (Å²) in [7, 11) is 0. The second kappa shape index (κ2) is 8.80. The fraction of sp³-hybridized carbons (Fsp3) is 0.444. The van der Waals surface area contributed by atoms with E-state index in [1.165, 1.54) is 16.1 Å². The zero-order valence-corrected chi connectivity index (χ0v) is 17.6. The number of thiazole rings is 1. The lowest BCUT2D eigenvalue weighted by atomic mass is 10.2. The average molecular weight is 456 g/mol. The van der Waals surface area contributed by atoms with Crippen molar-refractivity contribution in [3.63, 3.8) is 0 Å². The van der Waals surface area contributed by atoms with Gasteiger partial charge in [-0.3, -0.25) is 4.99 Å². The zero-order chi connectivity index (χ0) is 16.2. The number of anilines is 1. The van der Waals surface area contributed by atoms with Gasteiger partial charge in [0.15, 0.2) is 5.96 Å². The molecule has 1 aliphatic heterocycles. The van der Waals surface area contributed by atoms with Gasteiger partial charge < -0.3 is 10.2 Å². The Morgan fingerprint density at radius 1 is 1.33 bits per heavy atom. The summed E-state index contributed by atoms with van der Waals surface area (Å²) in [5, 5.41) is 4.58. The van der Waals surface area contributed by atoms with E-state index in [9.17, 15) is 0 Å². The molecule has 6 heteroatoms. The van der Waals surface area contributed by atoms with Gasteiger partial charge in [0.05, 0.1) is 10.7 Å². The lowest BCUT2D eigenvalue weighted by Gasteiger charge is -2.22. The van der Waals surface area contributed by atoms with Crippen LogP contribution >= 0.6 is 35.3 Å². The van der Waals surface area contributed by atoms with Gasteiger partial charge in [-0.1, -0.05) is 18.2 Å². The third-order valence-corrected chi connectivity index (χ3v) is 5.21. The van der Waals surface area contributed by atoms with E-state index in [4.69, 9.17) is 4.99 Å². The van der Waals surface area contributed by atoms with E-state index in [2.05, 4.69) is 60.2 Å². The van der Waals surface area contributed by atoms with Crippen molar-refractivity contribution in [2.24, 2.45) is 4.99 Å². The highest BCUT2D eigenvalue weighted by atomic mass is 127. The van der Waals surface area contributed by atoms with Crippen LogP contribution in [-0.4, -0.2) is 30.6 Å². The van der Waals surface area contributed by atoms with Crippen molar-refractivity contribution in [1.82, 2.24) is 10.3 Å². The summed E-state index contributed by atoms with van der Waals surface area (Å²) in [6.07, 6.45) is 2.05. The zero-order valence-electron chi connectivity index (χ0n) is 14.5. The third kappa shape index (κ3) is 4.27. The largest absolute Gasteiger partial charge is 0.356 e. The van der Waals surface area contributed by atoms with Crippen LogP contribution in [0.3, 0.4) is 0 Å². The van der Waals surface area contributed by atoms with Gasteiger partial charge in [-0.15, -0.1) is 35.3 Å². The fourth-order valence-electron chi connectivity index (χ4n) is 3.02. The van der Waals surface area contributed by atoms with Gasteiger partial charge in [-0.05, 0) is 38.8 Å². The molecule has 0 amide bonds. The Labute approximate surface area is 165 Å². The van der Waals surface area contributed by atoms with Crippen LogP contribution in [0.25, 0.3) is 0 Å². The number of nitrogens with zero attached hydrogens (tertiary/aromatic N) is 3. The first-order valence-corrected chi connectivity index (χ1v) is 9.07. The molecule has 0 radical (unpaired) electrons. The Morgan fingerprint density at radius 2 is 2.12 bits per heavy atom. The summed E-state index contributed by atoms with van der Waals surface area (Å²) in [6.45, 7) is 8.96. The highest BCUT2D eigenvalue weighted by molar-refractivity contribution is 14.0. The minimum atomic E-state index is 0. The summed E-state index contributed by atoms with van der Waals surface area (Å²) in [6, 6.07) is 8.61. The van der Waals surface area contributed by atoms with Gasteiger partial charge in [0.25, 0.3) is 0 Å². The van der Waals surface area contributed by atoms with Gasteiger partial charge in [0.1, 0.15) is 0 Å². The van der Waals surface area contributed by atoms with Crippen LogP contribution in [0.1, 0.15) is 28.1 Å². The van der Waals surface area contributed by atoms with E-state index in [0.717, 1.165) is 49.1 Å². The van der Waals surface area contributed by atoms with E-state index >= 15 is 0 Å². The smallest absolute Gasteiger partial charge is 0.198 e. The summed E-state index contributed by atoms with van der Waals surface area (Å²) in [5.74, 6) is 0.997. The highest BCUT2D eigenvalue weighted by Gasteiger charge is 2.22. The van der Waals surface area contributed by atoms with Crippen molar-refractivity contribution in [2.75, 3.05) is 24.5 Å². The number of aliphatic imine (C=N–C) groups is 1.